The highest BCUT2D eigenvalue weighted by molar-refractivity contribution is 9.24. The van der Waals surface area contributed by atoms with Gasteiger partial charge < -0.3 is 5.11 Å². The van der Waals surface area contributed by atoms with Crippen molar-refractivity contribution in [3.8, 4) is 0 Å². The highest BCUT2D eigenvalue weighted by Gasteiger charge is 2.15. The van der Waals surface area contributed by atoms with E-state index in [0.29, 0.717) is 5.92 Å². The van der Waals surface area contributed by atoms with Gasteiger partial charge in [-0.1, -0.05) is 45.7 Å². The molecule has 0 saturated heterocycles. The summed E-state index contributed by atoms with van der Waals surface area (Å²) in [6, 6.07) is 0. The van der Waals surface area contributed by atoms with Crippen LogP contribution in [0.5, 0.6) is 0 Å². The largest absolute Gasteiger partial charge is 0.391 e. The Morgan fingerprint density at radius 3 is 1.62 bits per heavy atom. The van der Waals surface area contributed by atoms with Crippen molar-refractivity contribution in [3.63, 3.8) is 0 Å². The summed E-state index contributed by atoms with van der Waals surface area (Å²) >= 11 is 6.41. The van der Waals surface area contributed by atoms with Gasteiger partial charge in [0.15, 0.2) is 0 Å². The molecule has 0 heterocycles. The van der Waals surface area contributed by atoms with Crippen molar-refractivity contribution in [1.82, 2.24) is 0 Å². The molecule has 0 aromatic heterocycles. The Bertz CT molecular complexity index is 55.4. The van der Waals surface area contributed by atoms with Gasteiger partial charge in [-0.05, 0) is 5.92 Å². The van der Waals surface area contributed by atoms with Gasteiger partial charge in [0.05, 0.1) is 9.84 Å². The van der Waals surface area contributed by atoms with Crippen molar-refractivity contribution in [1.29, 1.82) is 0 Å². The molecule has 0 aliphatic heterocycles. The van der Waals surface area contributed by atoms with Gasteiger partial charge in [0, 0.05) is 0 Å². The molecule has 0 spiro atoms. The fourth-order valence-corrected chi connectivity index (χ4v) is 1.51. The Morgan fingerprint density at radius 2 is 1.62 bits per heavy atom. The van der Waals surface area contributed by atoms with E-state index < -0.39 is 0 Å². The lowest BCUT2D eigenvalue weighted by Gasteiger charge is -2.14. The number of hydrogen-bond donors (Lipinski definition) is 1. The second kappa shape index (κ2) is 3.85. The third kappa shape index (κ3) is 3.05. The van der Waals surface area contributed by atoms with Gasteiger partial charge in [-0.15, -0.1) is 0 Å². The Kier molecular flexibility index (Phi) is 4.30. The molecule has 0 amide bonds. The Balaban J connectivity index is 3.46. The van der Waals surface area contributed by atoms with Gasteiger partial charge in [-0.3, -0.25) is 0 Å². The molecule has 50 valence electrons. The summed E-state index contributed by atoms with van der Waals surface area (Å²) in [6.07, 6.45) is -0.296. The Hall–Kier alpha value is 0.920. The molecule has 0 aliphatic carbocycles. The highest BCUT2D eigenvalue weighted by atomic mass is 79.9. The summed E-state index contributed by atoms with van der Waals surface area (Å²) in [5, 5.41) is 9.11. The normalized spacial score (nSPS) is 15.4. The number of alkyl halides is 2. The maximum Gasteiger partial charge on any atom is 0.0958 e. The minimum Gasteiger partial charge on any atom is -0.391 e. The van der Waals surface area contributed by atoms with Crippen LogP contribution >= 0.6 is 31.9 Å². The van der Waals surface area contributed by atoms with Crippen molar-refractivity contribution in [2.24, 2.45) is 5.92 Å². The molecule has 0 rings (SSSR count). The van der Waals surface area contributed by atoms with E-state index in [4.69, 9.17) is 5.11 Å². The predicted octanol–water partition coefficient (Wildman–Crippen LogP) is 2.12. The van der Waals surface area contributed by atoms with Crippen LogP contribution in [0.2, 0.25) is 0 Å². The van der Waals surface area contributed by atoms with Gasteiger partial charge in [0.1, 0.15) is 0 Å². The van der Waals surface area contributed by atoms with Crippen LogP contribution < -0.4 is 0 Å². The molecule has 3 heteroatoms. The highest BCUT2D eigenvalue weighted by Crippen LogP contribution is 2.18. The first kappa shape index (κ1) is 8.92. The fourth-order valence-electron chi connectivity index (χ4n) is 0.291. The molecule has 8 heavy (non-hydrogen) atoms. The molecule has 1 atom stereocenters. The van der Waals surface area contributed by atoms with E-state index in [2.05, 4.69) is 31.9 Å². The molecule has 0 aromatic rings. The Labute approximate surface area is 66.7 Å². The summed E-state index contributed by atoms with van der Waals surface area (Å²) in [6.45, 7) is 3.94. The van der Waals surface area contributed by atoms with Gasteiger partial charge in [-0.25, -0.2) is 0 Å². The van der Waals surface area contributed by atoms with Gasteiger partial charge >= 0.3 is 0 Å². The molecule has 1 unspecified atom stereocenters. The van der Waals surface area contributed by atoms with E-state index in [1.807, 2.05) is 13.8 Å². The van der Waals surface area contributed by atoms with E-state index in [1.165, 1.54) is 0 Å². The van der Waals surface area contributed by atoms with Crippen LogP contribution in [0.4, 0.5) is 0 Å². The van der Waals surface area contributed by atoms with Crippen molar-refractivity contribution in [3.05, 3.63) is 0 Å². The van der Waals surface area contributed by atoms with Crippen LogP contribution in [0.15, 0.2) is 0 Å². The molecule has 1 N–H and O–H groups in total. The predicted molar refractivity (Wildman–Crippen MR) is 42.5 cm³/mol. The van der Waals surface area contributed by atoms with Crippen molar-refractivity contribution < 1.29 is 5.11 Å². The van der Waals surface area contributed by atoms with E-state index >= 15 is 0 Å². The van der Waals surface area contributed by atoms with Crippen LogP contribution in [-0.4, -0.2) is 14.9 Å². The molecule has 0 fully saturated rings. The average molecular weight is 246 g/mol. The number of halogens is 2. The summed E-state index contributed by atoms with van der Waals surface area (Å²) < 4.78 is 0.0231. The average Bonchev–Trinajstić information content (AvgIpc) is 1.64. The van der Waals surface area contributed by atoms with Gasteiger partial charge in [0.2, 0.25) is 0 Å². The molecular weight excluding hydrogens is 236 g/mol. The summed E-state index contributed by atoms with van der Waals surface area (Å²) in [5.74, 6) is 0.304. The van der Waals surface area contributed by atoms with Crippen LogP contribution in [0.25, 0.3) is 0 Å². The maximum atomic E-state index is 9.11. The number of rotatable bonds is 2. The smallest absolute Gasteiger partial charge is 0.0958 e. The molecule has 0 bridgehead atoms. The first-order valence-electron chi connectivity index (χ1n) is 2.52. The fraction of sp³-hybridized carbons (Fsp3) is 1.00. The lowest BCUT2D eigenvalue weighted by atomic mass is 10.1. The number of hydrogen-bond acceptors (Lipinski definition) is 1. The second-order valence-electron chi connectivity index (χ2n) is 2.07. The van der Waals surface area contributed by atoms with E-state index in [-0.39, 0.29) is 9.84 Å². The van der Waals surface area contributed by atoms with Crippen LogP contribution in [0.1, 0.15) is 13.8 Å². The Morgan fingerprint density at radius 1 is 1.25 bits per heavy atom. The summed E-state index contributed by atoms with van der Waals surface area (Å²) in [4.78, 5) is 0. The first-order chi connectivity index (χ1) is 3.55. The second-order valence-corrected chi connectivity index (χ2v) is 5.27. The minimum absolute atomic E-state index is 0.0231. The maximum absolute atomic E-state index is 9.11. The molecule has 0 aromatic carbocycles. The van der Waals surface area contributed by atoms with E-state index in [9.17, 15) is 0 Å². The first-order valence-corrected chi connectivity index (χ1v) is 4.35. The SMILES string of the molecule is CC(C)C(O)C(Br)Br. The number of aliphatic hydroxyl groups is 1. The molecule has 1 nitrogen and oxygen atoms in total. The zero-order chi connectivity index (χ0) is 6.73. The molecular formula is C5H10Br2O. The molecule has 0 saturated carbocycles. The lowest BCUT2D eigenvalue weighted by molar-refractivity contribution is 0.144. The van der Waals surface area contributed by atoms with Gasteiger partial charge in [-0.2, -0.15) is 0 Å². The number of aliphatic hydroxyl groups excluding tert-OH is 1. The standard InChI is InChI=1S/C5H10Br2O/c1-3(2)4(8)5(6)7/h3-5,8H,1-2H3. The lowest BCUT2D eigenvalue weighted by Crippen LogP contribution is -2.21. The molecule has 0 radical (unpaired) electrons. The third-order valence-electron chi connectivity index (χ3n) is 0.941. The van der Waals surface area contributed by atoms with Crippen molar-refractivity contribution in [2.45, 2.75) is 23.7 Å². The third-order valence-corrected chi connectivity index (χ3v) is 2.02. The van der Waals surface area contributed by atoms with Crippen molar-refractivity contribution >= 4 is 31.9 Å². The van der Waals surface area contributed by atoms with Crippen LogP contribution in [0.3, 0.4) is 0 Å². The monoisotopic (exact) mass is 244 g/mol. The summed E-state index contributed by atoms with van der Waals surface area (Å²) in [5.41, 5.74) is 0. The topological polar surface area (TPSA) is 20.2 Å². The van der Waals surface area contributed by atoms with Crippen LogP contribution in [0, 0.1) is 5.92 Å². The zero-order valence-corrected chi connectivity index (χ0v) is 8.11. The molecule has 0 aliphatic rings. The quantitative estimate of drug-likeness (QED) is 0.740. The zero-order valence-electron chi connectivity index (χ0n) is 4.94. The summed E-state index contributed by atoms with van der Waals surface area (Å²) in [7, 11) is 0. The van der Waals surface area contributed by atoms with E-state index in [1.54, 1.807) is 0 Å². The van der Waals surface area contributed by atoms with Crippen LogP contribution in [-0.2, 0) is 0 Å². The van der Waals surface area contributed by atoms with E-state index in [0.717, 1.165) is 0 Å². The van der Waals surface area contributed by atoms with Crippen molar-refractivity contribution in [2.75, 3.05) is 0 Å². The minimum atomic E-state index is -0.296. The van der Waals surface area contributed by atoms with Gasteiger partial charge in [0.25, 0.3) is 0 Å².